The van der Waals surface area contributed by atoms with Crippen LogP contribution < -0.4 is 0 Å². The lowest BCUT2D eigenvalue weighted by molar-refractivity contribution is -0.123. The minimum atomic E-state index is -4.23. The summed E-state index contributed by atoms with van der Waals surface area (Å²) in [5.74, 6) is -1.52. The van der Waals surface area contributed by atoms with E-state index < -0.39 is 22.0 Å². The monoisotopic (exact) mass is 234 g/mol. The Morgan fingerprint density at radius 3 is 1.67 bits per heavy atom. The SMILES string of the molecule is O=C1CO[CH-]N1S(=O)(=O)N1[CH-]OCC1=O. The van der Waals surface area contributed by atoms with E-state index in [1.165, 1.54) is 0 Å². The number of hydrogen-bond acceptors (Lipinski definition) is 6. The lowest BCUT2D eigenvalue weighted by Crippen LogP contribution is -2.43. The highest BCUT2D eigenvalue weighted by Gasteiger charge is 2.31. The lowest BCUT2D eigenvalue weighted by atomic mass is 10.7. The van der Waals surface area contributed by atoms with E-state index in [-0.39, 0.29) is 13.2 Å². The number of hydrogen-bond donors (Lipinski definition) is 0. The maximum atomic E-state index is 11.6. The van der Waals surface area contributed by atoms with Crippen molar-refractivity contribution >= 4 is 22.0 Å². The Bertz CT molecular complexity index is 372. The van der Waals surface area contributed by atoms with E-state index in [4.69, 9.17) is 0 Å². The van der Waals surface area contributed by atoms with Crippen LogP contribution in [-0.4, -0.2) is 42.1 Å². The van der Waals surface area contributed by atoms with Gasteiger partial charge in [0.1, 0.15) is 0 Å². The molecule has 0 N–H and O–H groups in total. The van der Waals surface area contributed by atoms with Gasteiger partial charge in [-0.15, -0.1) is 13.5 Å². The van der Waals surface area contributed by atoms with Gasteiger partial charge in [0, 0.05) is 0 Å². The average Bonchev–Trinajstić information content (AvgIpc) is 2.73. The average molecular weight is 234 g/mol. The van der Waals surface area contributed by atoms with Gasteiger partial charge >= 0.3 is 0 Å². The molecule has 0 aliphatic carbocycles. The van der Waals surface area contributed by atoms with E-state index in [2.05, 4.69) is 9.47 Å². The molecule has 15 heavy (non-hydrogen) atoms. The Balaban J connectivity index is 2.26. The highest BCUT2D eigenvalue weighted by Crippen LogP contribution is 2.20. The maximum Gasteiger partial charge on any atom is 0.278 e. The van der Waals surface area contributed by atoms with Crippen LogP contribution in [0.5, 0.6) is 0 Å². The van der Waals surface area contributed by atoms with E-state index >= 15 is 0 Å². The summed E-state index contributed by atoms with van der Waals surface area (Å²) in [7, 11) is -4.23. The Morgan fingerprint density at radius 2 is 1.40 bits per heavy atom. The van der Waals surface area contributed by atoms with E-state index in [0.717, 1.165) is 13.5 Å². The molecule has 2 heterocycles. The third kappa shape index (κ3) is 1.58. The predicted molar refractivity (Wildman–Crippen MR) is 43.1 cm³/mol. The van der Waals surface area contributed by atoms with Gasteiger partial charge < -0.3 is 18.1 Å². The van der Waals surface area contributed by atoms with Gasteiger partial charge in [-0.1, -0.05) is 0 Å². The van der Waals surface area contributed by atoms with Crippen LogP contribution >= 0.6 is 0 Å². The van der Waals surface area contributed by atoms with Crippen LogP contribution in [0.2, 0.25) is 0 Å². The van der Waals surface area contributed by atoms with Crippen molar-refractivity contribution in [3.63, 3.8) is 0 Å². The molecule has 0 bridgehead atoms. The Labute approximate surface area is 85.5 Å². The van der Waals surface area contributed by atoms with Gasteiger partial charge in [-0.25, -0.2) is 0 Å². The molecule has 0 aromatic heterocycles. The molecule has 0 aromatic rings. The molecule has 2 amide bonds. The number of carbonyl (C=O) groups excluding carboxylic acids is 2. The Morgan fingerprint density at radius 1 is 1.00 bits per heavy atom. The first kappa shape index (κ1) is 10.3. The van der Waals surface area contributed by atoms with Gasteiger partial charge in [0.25, 0.3) is 10.2 Å². The van der Waals surface area contributed by atoms with Crippen LogP contribution in [0.15, 0.2) is 0 Å². The van der Waals surface area contributed by atoms with E-state index in [9.17, 15) is 18.0 Å². The Kier molecular flexibility index (Phi) is 2.37. The molecule has 0 spiro atoms. The van der Waals surface area contributed by atoms with Gasteiger partial charge in [-0.2, -0.15) is 8.42 Å². The largest absolute Gasteiger partial charge is 0.523 e. The van der Waals surface area contributed by atoms with Crippen molar-refractivity contribution in [1.29, 1.82) is 0 Å². The number of rotatable bonds is 2. The second-order valence-corrected chi connectivity index (χ2v) is 4.40. The number of nitrogens with zero attached hydrogens (tertiary/aromatic N) is 2. The standard InChI is InChI=1S/C6H6N2O6S/c9-5-1-13-3-7(5)15(11,12)8-4-14-2-6(8)10/h3-4H,1-2H2/q-2. The van der Waals surface area contributed by atoms with Crippen molar-refractivity contribution in [2.75, 3.05) is 13.2 Å². The van der Waals surface area contributed by atoms with Crippen molar-refractivity contribution in [3.8, 4) is 0 Å². The molecule has 2 aliphatic rings. The van der Waals surface area contributed by atoms with E-state index in [1.807, 2.05) is 0 Å². The zero-order chi connectivity index (χ0) is 11.1. The topological polar surface area (TPSA) is 93.2 Å². The van der Waals surface area contributed by atoms with Gasteiger partial charge in [0.15, 0.2) is 0 Å². The zero-order valence-corrected chi connectivity index (χ0v) is 8.14. The quantitative estimate of drug-likeness (QED) is 0.523. The molecular formula is C6H6N2O6S-2. The zero-order valence-electron chi connectivity index (χ0n) is 7.32. The van der Waals surface area contributed by atoms with Crippen molar-refractivity contribution in [2.45, 2.75) is 0 Å². The molecule has 9 heteroatoms. The minimum absolute atomic E-state index is 0.357. The normalized spacial score (nSPS) is 22.9. The molecule has 2 aliphatic heterocycles. The first-order valence-electron chi connectivity index (χ1n) is 3.83. The number of carbonyl (C=O) groups is 2. The van der Waals surface area contributed by atoms with Crippen molar-refractivity contribution in [2.24, 2.45) is 0 Å². The van der Waals surface area contributed by atoms with Crippen LogP contribution in [0.4, 0.5) is 0 Å². The van der Waals surface area contributed by atoms with Crippen LogP contribution in [0.1, 0.15) is 0 Å². The summed E-state index contributed by atoms with van der Waals surface area (Å²) in [5.41, 5.74) is 0. The third-order valence-electron chi connectivity index (χ3n) is 1.74. The number of amides is 2. The van der Waals surface area contributed by atoms with Crippen molar-refractivity contribution < 1.29 is 27.5 Å². The first-order valence-corrected chi connectivity index (χ1v) is 5.22. The summed E-state index contributed by atoms with van der Waals surface area (Å²) < 4.78 is 33.1. The summed E-state index contributed by atoms with van der Waals surface area (Å²) in [5, 5.41) is 0. The molecule has 2 saturated heterocycles. The molecule has 0 unspecified atom stereocenters. The molecule has 0 radical (unpaired) electrons. The summed E-state index contributed by atoms with van der Waals surface area (Å²) in [4.78, 5) is 22.2. The number of ether oxygens (including phenoxy) is 2. The lowest BCUT2D eigenvalue weighted by Gasteiger charge is -2.32. The second-order valence-electron chi connectivity index (χ2n) is 2.72. The first-order chi connectivity index (χ1) is 7.03. The maximum absolute atomic E-state index is 11.6. The van der Waals surface area contributed by atoms with Crippen LogP contribution in [0.3, 0.4) is 0 Å². The molecule has 2 fully saturated rings. The fraction of sp³-hybridized carbons (Fsp3) is 0.333. The van der Waals surface area contributed by atoms with Crippen LogP contribution in [0.25, 0.3) is 0 Å². The Hall–Kier alpha value is -1.19. The summed E-state index contributed by atoms with van der Waals surface area (Å²) in [6, 6.07) is 0. The van der Waals surface area contributed by atoms with Crippen molar-refractivity contribution in [1.82, 2.24) is 8.61 Å². The summed E-state index contributed by atoms with van der Waals surface area (Å²) in [6.45, 7) is 0.776. The van der Waals surface area contributed by atoms with Crippen LogP contribution in [0, 0.1) is 13.5 Å². The van der Waals surface area contributed by atoms with Gasteiger partial charge in [0.05, 0.1) is 13.2 Å². The molecule has 0 atom stereocenters. The van der Waals surface area contributed by atoms with Crippen molar-refractivity contribution in [3.05, 3.63) is 13.5 Å². The van der Waals surface area contributed by atoms with Crippen LogP contribution in [-0.2, 0) is 29.3 Å². The molecule has 8 nitrogen and oxygen atoms in total. The molecule has 84 valence electrons. The minimum Gasteiger partial charge on any atom is -0.523 e. The second kappa shape index (κ2) is 3.43. The van der Waals surface area contributed by atoms with Gasteiger partial charge in [0.2, 0.25) is 11.8 Å². The van der Waals surface area contributed by atoms with E-state index in [1.54, 1.807) is 0 Å². The fourth-order valence-electron chi connectivity index (χ4n) is 1.06. The van der Waals surface area contributed by atoms with Gasteiger partial charge in [-0.3, -0.25) is 9.59 Å². The fourth-order valence-corrected chi connectivity index (χ4v) is 2.21. The summed E-state index contributed by atoms with van der Waals surface area (Å²) >= 11 is 0. The molecule has 0 saturated carbocycles. The molecular weight excluding hydrogens is 228 g/mol. The van der Waals surface area contributed by atoms with E-state index in [0.29, 0.717) is 8.61 Å². The smallest absolute Gasteiger partial charge is 0.278 e. The predicted octanol–water partition coefficient (Wildman–Crippen LogP) is -1.81. The highest BCUT2D eigenvalue weighted by molar-refractivity contribution is 7.88. The third-order valence-corrected chi connectivity index (χ3v) is 3.32. The molecule has 0 aromatic carbocycles. The van der Waals surface area contributed by atoms with Gasteiger partial charge in [-0.05, 0) is 0 Å². The molecule has 2 rings (SSSR count). The highest BCUT2D eigenvalue weighted by atomic mass is 32.2. The summed E-state index contributed by atoms with van der Waals surface area (Å²) in [6.07, 6.45) is 0.